The number of amides is 1. The van der Waals surface area contributed by atoms with E-state index >= 15 is 0 Å². The number of piperidine rings is 1. The molecule has 0 atom stereocenters. The van der Waals surface area contributed by atoms with Crippen LogP contribution in [-0.2, 0) is 16.4 Å². The third-order valence-corrected chi connectivity index (χ3v) is 11.0. The van der Waals surface area contributed by atoms with Crippen molar-refractivity contribution in [3.63, 3.8) is 0 Å². The van der Waals surface area contributed by atoms with E-state index in [1.807, 2.05) is 34.0 Å². The molecular formula is C33H34FN8O5S2+. The number of carbonyl (C=O) groups is 1. The number of aromatic amines is 2. The van der Waals surface area contributed by atoms with E-state index in [0.717, 1.165) is 33.6 Å². The number of hydrogen-bond acceptors (Lipinski definition) is 9. The van der Waals surface area contributed by atoms with Crippen LogP contribution in [0.5, 0.6) is 0 Å². The van der Waals surface area contributed by atoms with E-state index in [1.54, 1.807) is 24.3 Å². The van der Waals surface area contributed by atoms with Gasteiger partial charge in [0.1, 0.15) is 17.2 Å². The predicted octanol–water partition coefficient (Wildman–Crippen LogP) is 4.12. The minimum Gasteiger partial charge on any atom is -0.408 e. The van der Waals surface area contributed by atoms with Crippen LogP contribution < -0.4 is 21.0 Å². The highest BCUT2D eigenvalue weighted by molar-refractivity contribution is 7.88. The van der Waals surface area contributed by atoms with Crippen molar-refractivity contribution in [1.82, 2.24) is 29.2 Å². The van der Waals surface area contributed by atoms with Crippen molar-refractivity contribution in [2.24, 2.45) is 0 Å². The molecule has 6 aromatic rings. The molecule has 7 rings (SSSR count). The molecule has 3 N–H and O–H groups in total. The summed E-state index contributed by atoms with van der Waals surface area (Å²) in [7, 11) is -1.31. The number of H-pyrrole nitrogens is 2. The Kier molecular flexibility index (Phi) is 8.77. The van der Waals surface area contributed by atoms with Gasteiger partial charge in [0.2, 0.25) is 15.8 Å². The largest absolute Gasteiger partial charge is 0.417 e. The highest BCUT2D eigenvalue weighted by Gasteiger charge is 2.30. The highest BCUT2D eigenvalue weighted by Crippen LogP contribution is 2.33. The van der Waals surface area contributed by atoms with E-state index in [9.17, 15) is 22.4 Å². The molecule has 49 heavy (non-hydrogen) atoms. The zero-order valence-corrected chi connectivity index (χ0v) is 28.4. The Morgan fingerprint density at radius 1 is 1.16 bits per heavy atom. The van der Waals surface area contributed by atoms with Gasteiger partial charge in [-0.2, -0.15) is 9.61 Å². The number of thiazole rings is 1. The standard InChI is InChI=1S/C33H33FN8O5S2/c1-40(32-37-27(19-48-32)20-5-8-23(34)9-6-20)31-26(4-3-15-35-30(43)22-7-10-25-28(18-22)47-33(44)38-25)36-29-12-11-24(39-42(29)31)21-13-16-41(17-14-21)49(2,45)46/h5-12,18-19,21H,3-4,13-17H2,1-2H3,(H,35,43)(H,38,44)/p+1. The molecular weight excluding hydrogens is 672 g/mol. The molecule has 1 saturated heterocycles. The van der Waals surface area contributed by atoms with E-state index in [4.69, 9.17) is 14.5 Å². The number of imidazole rings is 1. The van der Waals surface area contributed by atoms with Gasteiger partial charge >= 0.3 is 10.9 Å². The fourth-order valence-electron chi connectivity index (χ4n) is 6.15. The maximum absolute atomic E-state index is 13.6. The number of oxazole rings is 1. The number of benzene rings is 2. The van der Waals surface area contributed by atoms with E-state index in [-0.39, 0.29) is 17.6 Å². The molecule has 254 valence electrons. The van der Waals surface area contributed by atoms with Crippen LogP contribution in [0, 0.1) is 5.82 Å². The number of hydrogen-bond donors (Lipinski definition) is 2. The van der Waals surface area contributed by atoms with Gasteiger partial charge in [0.05, 0.1) is 24.5 Å². The SMILES string of the molecule is CN(c1[nH+]c(-c2ccc(F)cc2)cs1)c1c(CCCNC(=O)c2ccc3[nH]c(=O)oc3c2)nc2ccc(C3CCN(S(C)(=O)=O)CC3)nn12. The summed E-state index contributed by atoms with van der Waals surface area (Å²) < 4.78 is 46.1. The maximum atomic E-state index is 13.6. The number of halogens is 1. The van der Waals surface area contributed by atoms with E-state index < -0.39 is 15.8 Å². The van der Waals surface area contributed by atoms with Crippen LogP contribution in [0.15, 0.2) is 69.2 Å². The molecule has 0 radical (unpaired) electrons. The topological polar surface area (TPSA) is 160 Å². The minimum absolute atomic E-state index is 0.0958. The summed E-state index contributed by atoms with van der Waals surface area (Å²) >= 11 is 1.50. The number of aryl methyl sites for hydroxylation is 1. The number of anilines is 2. The summed E-state index contributed by atoms with van der Waals surface area (Å²) in [6, 6.07) is 15.0. The van der Waals surface area contributed by atoms with Crippen LogP contribution in [0.2, 0.25) is 0 Å². The summed E-state index contributed by atoms with van der Waals surface area (Å²) in [6.45, 7) is 1.27. The van der Waals surface area contributed by atoms with E-state index in [1.165, 1.54) is 40.1 Å². The molecule has 1 aliphatic rings. The Morgan fingerprint density at radius 3 is 2.69 bits per heavy atom. The first-order valence-corrected chi connectivity index (χ1v) is 18.5. The fourth-order valence-corrected chi connectivity index (χ4v) is 7.86. The molecule has 16 heteroatoms. The third-order valence-electron chi connectivity index (χ3n) is 8.75. The molecule has 0 spiro atoms. The number of carbonyl (C=O) groups excluding carboxylic acids is 1. The first-order valence-electron chi connectivity index (χ1n) is 15.8. The van der Waals surface area contributed by atoms with Crippen molar-refractivity contribution in [3.05, 3.63) is 93.3 Å². The summed E-state index contributed by atoms with van der Waals surface area (Å²) in [5.41, 5.74) is 5.23. The van der Waals surface area contributed by atoms with Gasteiger partial charge in [-0.3, -0.25) is 9.78 Å². The number of nitrogens with zero attached hydrogens (tertiary/aromatic N) is 5. The van der Waals surface area contributed by atoms with Crippen LogP contribution in [0.3, 0.4) is 0 Å². The van der Waals surface area contributed by atoms with E-state index in [2.05, 4.69) is 15.3 Å². The number of nitrogens with one attached hydrogen (secondary N) is 3. The van der Waals surface area contributed by atoms with Crippen LogP contribution >= 0.6 is 11.3 Å². The first-order chi connectivity index (χ1) is 23.5. The van der Waals surface area contributed by atoms with Crippen molar-refractivity contribution in [3.8, 4) is 11.3 Å². The highest BCUT2D eigenvalue weighted by atomic mass is 32.2. The lowest BCUT2D eigenvalue weighted by Gasteiger charge is -2.29. The average Bonchev–Trinajstić information content (AvgIpc) is 3.82. The van der Waals surface area contributed by atoms with Gasteiger partial charge in [-0.25, -0.2) is 36.8 Å². The van der Waals surface area contributed by atoms with Gasteiger partial charge in [0, 0.05) is 42.1 Å². The molecule has 0 unspecified atom stereocenters. The first kappa shape index (κ1) is 32.6. The van der Waals surface area contributed by atoms with Crippen molar-refractivity contribution in [2.45, 2.75) is 31.6 Å². The van der Waals surface area contributed by atoms with Crippen molar-refractivity contribution < 1.29 is 27.0 Å². The quantitative estimate of drug-likeness (QED) is 0.202. The summed E-state index contributed by atoms with van der Waals surface area (Å²) in [6.07, 6.45) is 3.70. The van der Waals surface area contributed by atoms with Crippen LogP contribution in [0.1, 0.15) is 46.9 Å². The number of rotatable bonds is 10. The zero-order chi connectivity index (χ0) is 34.3. The van der Waals surface area contributed by atoms with Crippen molar-refractivity contribution in [1.29, 1.82) is 0 Å². The summed E-state index contributed by atoms with van der Waals surface area (Å²) in [5, 5.41) is 10.8. The van der Waals surface area contributed by atoms with Gasteiger partial charge in [-0.05, 0) is 80.3 Å². The van der Waals surface area contributed by atoms with Crippen molar-refractivity contribution >= 4 is 55.0 Å². The smallest absolute Gasteiger partial charge is 0.408 e. The second kappa shape index (κ2) is 13.2. The number of fused-ring (bicyclic) bond motifs is 2. The second-order valence-corrected chi connectivity index (χ2v) is 14.9. The zero-order valence-electron chi connectivity index (χ0n) is 26.8. The van der Waals surface area contributed by atoms with Gasteiger partial charge in [-0.1, -0.05) is 11.3 Å². The molecule has 0 bridgehead atoms. The molecule has 0 saturated carbocycles. The van der Waals surface area contributed by atoms with Crippen LogP contribution in [-0.4, -0.2) is 71.1 Å². The normalized spacial score (nSPS) is 14.5. The Bertz CT molecular complexity index is 2320. The van der Waals surface area contributed by atoms with Crippen molar-refractivity contribution in [2.75, 3.05) is 37.8 Å². The molecule has 1 fully saturated rings. The lowest BCUT2D eigenvalue weighted by atomic mass is 9.94. The Hall–Kier alpha value is -4.93. The van der Waals surface area contributed by atoms with Crippen LogP contribution in [0.4, 0.5) is 15.3 Å². The maximum Gasteiger partial charge on any atom is 0.417 e. The minimum atomic E-state index is -3.25. The molecule has 1 amide bonds. The van der Waals surface area contributed by atoms with E-state index in [0.29, 0.717) is 67.6 Å². The average molecular weight is 706 g/mol. The number of sulfonamides is 1. The third kappa shape index (κ3) is 6.84. The summed E-state index contributed by atoms with van der Waals surface area (Å²) in [5.74, 6) is -0.312. The number of aromatic nitrogens is 5. The molecule has 5 heterocycles. The molecule has 13 nitrogen and oxygen atoms in total. The Labute approximate surface area is 284 Å². The van der Waals surface area contributed by atoms with Gasteiger partial charge in [0.15, 0.2) is 11.2 Å². The van der Waals surface area contributed by atoms with Gasteiger partial charge in [0.25, 0.3) is 5.91 Å². The fraction of sp³-hybridized carbons (Fsp3) is 0.303. The predicted molar refractivity (Wildman–Crippen MR) is 183 cm³/mol. The molecule has 2 aromatic carbocycles. The van der Waals surface area contributed by atoms with Crippen LogP contribution in [0.25, 0.3) is 28.0 Å². The lowest BCUT2D eigenvalue weighted by Crippen LogP contribution is -2.37. The monoisotopic (exact) mass is 705 g/mol. The molecule has 0 aliphatic carbocycles. The second-order valence-electron chi connectivity index (χ2n) is 12.1. The van der Waals surface area contributed by atoms with Gasteiger partial charge in [-0.15, -0.1) is 0 Å². The molecule has 4 aromatic heterocycles. The summed E-state index contributed by atoms with van der Waals surface area (Å²) in [4.78, 5) is 37.3. The Morgan fingerprint density at radius 2 is 1.94 bits per heavy atom. The lowest BCUT2D eigenvalue weighted by molar-refractivity contribution is -0.343. The van der Waals surface area contributed by atoms with Gasteiger partial charge < -0.3 is 9.73 Å². The molecule has 1 aliphatic heterocycles. The Balaban J connectivity index is 1.13.